The van der Waals surface area contributed by atoms with Crippen LogP contribution in [0.25, 0.3) is 5.69 Å². The van der Waals surface area contributed by atoms with Gasteiger partial charge in [-0.05, 0) is 54.0 Å². The van der Waals surface area contributed by atoms with E-state index in [4.69, 9.17) is 0 Å². The van der Waals surface area contributed by atoms with E-state index in [1.54, 1.807) is 11.6 Å². The average Bonchev–Trinajstić information content (AvgIpc) is 2.90. The van der Waals surface area contributed by atoms with Crippen molar-refractivity contribution in [3.63, 3.8) is 0 Å². The second-order valence-corrected chi connectivity index (χ2v) is 6.52. The fourth-order valence-corrected chi connectivity index (χ4v) is 3.02. The van der Waals surface area contributed by atoms with Gasteiger partial charge < -0.3 is 5.32 Å². The van der Waals surface area contributed by atoms with E-state index in [0.717, 1.165) is 11.4 Å². The van der Waals surface area contributed by atoms with Crippen molar-refractivity contribution in [2.75, 3.05) is 5.32 Å². The summed E-state index contributed by atoms with van der Waals surface area (Å²) in [6.07, 6.45) is 0. The van der Waals surface area contributed by atoms with Gasteiger partial charge in [-0.25, -0.2) is 4.68 Å². The first-order valence-electron chi connectivity index (χ1n) is 7.75. The van der Waals surface area contributed by atoms with Gasteiger partial charge in [0.15, 0.2) is 0 Å². The molecular weight excluding hydrogens is 400 g/mol. The zero-order valence-corrected chi connectivity index (χ0v) is 15.6. The summed E-state index contributed by atoms with van der Waals surface area (Å²) in [6.45, 7) is 3.65. The molecule has 7 nitrogen and oxygen atoms in total. The van der Waals surface area contributed by atoms with Crippen LogP contribution >= 0.6 is 15.9 Å². The summed E-state index contributed by atoms with van der Waals surface area (Å²) in [4.78, 5) is 23.1. The van der Waals surface area contributed by atoms with E-state index >= 15 is 0 Å². The lowest BCUT2D eigenvalue weighted by atomic mass is 10.2. The zero-order chi connectivity index (χ0) is 18.8. The van der Waals surface area contributed by atoms with Gasteiger partial charge in [-0.3, -0.25) is 14.9 Å². The topological polar surface area (TPSA) is 90.1 Å². The molecule has 0 aliphatic rings. The number of halogens is 1. The van der Waals surface area contributed by atoms with E-state index in [1.165, 1.54) is 18.2 Å². The molecule has 0 spiro atoms. The number of anilines is 1. The minimum atomic E-state index is -0.537. The average molecular weight is 415 g/mol. The third kappa shape index (κ3) is 3.36. The molecule has 0 aliphatic carbocycles. The SMILES string of the molecule is Cc1nn(-c2ccccc2)c(C)c1NC(=O)c1ccc(Br)c([N+](=O)[O-])c1. The van der Waals surface area contributed by atoms with Crippen molar-refractivity contribution in [3.05, 3.63) is 80.1 Å². The Labute approximate surface area is 157 Å². The van der Waals surface area contributed by atoms with Crippen LogP contribution in [0.2, 0.25) is 0 Å². The molecule has 26 heavy (non-hydrogen) atoms. The first-order valence-corrected chi connectivity index (χ1v) is 8.54. The Morgan fingerprint density at radius 1 is 1.19 bits per heavy atom. The van der Waals surface area contributed by atoms with Crippen LogP contribution in [0.15, 0.2) is 53.0 Å². The molecule has 0 saturated carbocycles. The number of benzene rings is 2. The van der Waals surface area contributed by atoms with Gasteiger partial charge in [0.2, 0.25) is 0 Å². The number of rotatable bonds is 4. The standard InChI is InChI=1S/C18H15BrN4O3/c1-11-17(12(2)22(21-11)14-6-4-3-5-7-14)20-18(24)13-8-9-15(19)16(10-13)23(25)26/h3-10H,1-2H3,(H,20,24). The van der Waals surface area contributed by atoms with E-state index in [2.05, 4.69) is 26.3 Å². The number of aromatic nitrogens is 2. The maximum atomic E-state index is 12.6. The normalized spacial score (nSPS) is 10.6. The van der Waals surface area contributed by atoms with Crippen molar-refractivity contribution in [2.24, 2.45) is 0 Å². The van der Waals surface area contributed by atoms with Gasteiger partial charge >= 0.3 is 0 Å². The number of nitrogens with one attached hydrogen (secondary N) is 1. The number of para-hydroxylation sites is 1. The summed E-state index contributed by atoms with van der Waals surface area (Å²) in [5.74, 6) is -0.431. The van der Waals surface area contributed by atoms with Gasteiger partial charge in [0.1, 0.15) is 0 Å². The number of hydrogen-bond acceptors (Lipinski definition) is 4. The van der Waals surface area contributed by atoms with Gasteiger partial charge in [0.05, 0.1) is 32.2 Å². The van der Waals surface area contributed by atoms with E-state index in [9.17, 15) is 14.9 Å². The minimum absolute atomic E-state index is 0.161. The van der Waals surface area contributed by atoms with Gasteiger partial charge in [-0.1, -0.05) is 18.2 Å². The molecule has 0 atom stereocenters. The molecule has 1 aromatic heterocycles. The Bertz CT molecular complexity index is 999. The highest BCUT2D eigenvalue weighted by Crippen LogP contribution is 2.27. The molecule has 1 N–H and O–H groups in total. The third-order valence-corrected chi connectivity index (χ3v) is 4.61. The highest BCUT2D eigenvalue weighted by molar-refractivity contribution is 9.10. The number of carbonyl (C=O) groups is 1. The summed E-state index contributed by atoms with van der Waals surface area (Å²) >= 11 is 3.11. The maximum Gasteiger partial charge on any atom is 0.284 e. The third-order valence-electron chi connectivity index (χ3n) is 3.94. The van der Waals surface area contributed by atoms with Crippen LogP contribution in [-0.4, -0.2) is 20.6 Å². The molecule has 0 saturated heterocycles. The van der Waals surface area contributed by atoms with Crippen molar-refractivity contribution >= 4 is 33.2 Å². The number of carbonyl (C=O) groups excluding carboxylic acids is 1. The number of amides is 1. The summed E-state index contributed by atoms with van der Waals surface area (Å²) in [5.41, 5.74) is 2.94. The van der Waals surface area contributed by atoms with E-state index in [1.807, 2.05) is 37.3 Å². The van der Waals surface area contributed by atoms with Crippen molar-refractivity contribution in [1.82, 2.24) is 9.78 Å². The summed E-state index contributed by atoms with van der Waals surface area (Å²) in [5, 5.41) is 18.3. The number of nitro groups is 1. The Morgan fingerprint density at radius 3 is 2.54 bits per heavy atom. The monoisotopic (exact) mass is 414 g/mol. The first kappa shape index (κ1) is 17.8. The van der Waals surface area contributed by atoms with Crippen LogP contribution in [0.4, 0.5) is 11.4 Å². The van der Waals surface area contributed by atoms with Crippen molar-refractivity contribution in [1.29, 1.82) is 0 Å². The summed E-state index contributed by atoms with van der Waals surface area (Å²) in [6, 6.07) is 13.8. The molecule has 0 aliphatic heterocycles. The van der Waals surface area contributed by atoms with E-state index in [-0.39, 0.29) is 11.3 Å². The number of hydrogen-bond donors (Lipinski definition) is 1. The molecule has 3 aromatic rings. The Balaban J connectivity index is 1.92. The largest absolute Gasteiger partial charge is 0.319 e. The lowest BCUT2D eigenvalue weighted by molar-refractivity contribution is -0.385. The number of nitro benzene ring substituents is 1. The number of nitrogens with zero attached hydrogens (tertiary/aromatic N) is 3. The Morgan fingerprint density at radius 2 is 1.88 bits per heavy atom. The second kappa shape index (κ2) is 7.09. The first-order chi connectivity index (χ1) is 12.4. The van der Waals surface area contributed by atoms with E-state index in [0.29, 0.717) is 15.9 Å². The lowest BCUT2D eigenvalue weighted by Crippen LogP contribution is -2.13. The highest BCUT2D eigenvalue weighted by Gasteiger charge is 2.19. The lowest BCUT2D eigenvalue weighted by Gasteiger charge is -2.07. The quantitative estimate of drug-likeness (QED) is 0.505. The van der Waals surface area contributed by atoms with Crippen LogP contribution in [0, 0.1) is 24.0 Å². The van der Waals surface area contributed by atoms with Crippen LogP contribution in [0.3, 0.4) is 0 Å². The van der Waals surface area contributed by atoms with Crippen LogP contribution in [0.5, 0.6) is 0 Å². The summed E-state index contributed by atoms with van der Waals surface area (Å²) in [7, 11) is 0. The number of aryl methyl sites for hydroxylation is 1. The fraction of sp³-hybridized carbons (Fsp3) is 0.111. The van der Waals surface area contributed by atoms with Gasteiger partial charge in [-0.2, -0.15) is 5.10 Å². The molecule has 1 amide bonds. The van der Waals surface area contributed by atoms with Gasteiger partial charge in [0.25, 0.3) is 11.6 Å². The molecule has 3 rings (SSSR count). The molecule has 0 unspecified atom stereocenters. The maximum absolute atomic E-state index is 12.6. The van der Waals surface area contributed by atoms with Crippen molar-refractivity contribution in [2.45, 2.75) is 13.8 Å². The molecule has 8 heteroatoms. The predicted octanol–water partition coefficient (Wildman–Crippen LogP) is 4.41. The summed E-state index contributed by atoms with van der Waals surface area (Å²) < 4.78 is 2.07. The Hall–Kier alpha value is -3.00. The van der Waals surface area contributed by atoms with Crippen molar-refractivity contribution in [3.8, 4) is 5.69 Å². The second-order valence-electron chi connectivity index (χ2n) is 5.67. The zero-order valence-electron chi connectivity index (χ0n) is 14.1. The van der Waals surface area contributed by atoms with Crippen LogP contribution in [0.1, 0.15) is 21.7 Å². The smallest absolute Gasteiger partial charge is 0.284 e. The van der Waals surface area contributed by atoms with Gasteiger partial charge in [0, 0.05) is 11.6 Å². The molecule has 2 aromatic carbocycles. The molecule has 0 bridgehead atoms. The fourth-order valence-electron chi connectivity index (χ4n) is 2.62. The van der Waals surface area contributed by atoms with Crippen molar-refractivity contribution < 1.29 is 9.72 Å². The predicted molar refractivity (Wildman–Crippen MR) is 102 cm³/mol. The molecule has 0 fully saturated rings. The molecule has 0 radical (unpaired) electrons. The van der Waals surface area contributed by atoms with E-state index < -0.39 is 10.8 Å². The Kier molecular flexibility index (Phi) is 4.85. The minimum Gasteiger partial charge on any atom is -0.319 e. The van der Waals surface area contributed by atoms with Crippen LogP contribution < -0.4 is 5.32 Å². The molecule has 1 heterocycles. The molecule has 132 valence electrons. The highest BCUT2D eigenvalue weighted by atomic mass is 79.9. The van der Waals surface area contributed by atoms with Crippen LogP contribution in [-0.2, 0) is 0 Å². The van der Waals surface area contributed by atoms with Gasteiger partial charge in [-0.15, -0.1) is 0 Å². The molecular formula is C18H15BrN4O3.